The monoisotopic (exact) mass is 220 g/mol. The van der Waals surface area contributed by atoms with Crippen molar-refractivity contribution in [3.05, 3.63) is 41.8 Å². The molecule has 1 heterocycles. The van der Waals surface area contributed by atoms with Gasteiger partial charge in [0, 0.05) is 12.4 Å². The van der Waals surface area contributed by atoms with E-state index in [-0.39, 0.29) is 0 Å². The number of hydrogen-bond acceptors (Lipinski definition) is 4. The van der Waals surface area contributed by atoms with Crippen LogP contribution in [0.25, 0.3) is 0 Å². The normalized spacial score (nSPS) is 9.93. The summed E-state index contributed by atoms with van der Waals surface area (Å²) in [6.45, 7) is 0. The molecule has 0 unspecified atom stereocenters. The Morgan fingerprint density at radius 2 is 2.13 bits per heavy atom. The predicted molar refractivity (Wildman–Crippen MR) is 61.2 cm³/mol. The van der Waals surface area contributed by atoms with Gasteiger partial charge in [-0.1, -0.05) is 17.7 Å². The second-order valence-electron chi connectivity index (χ2n) is 2.92. The van der Waals surface area contributed by atoms with Crippen molar-refractivity contribution in [3.63, 3.8) is 0 Å². The Kier molecular flexibility index (Phi) is 2.69. The third kappa shape index (κ3) is 2.16. The van der Waals surface area contributed by atoms with Crippen LogP contribution in [-0.4, -0.2) is 9.97 Å². The Morgan fingerprint density at radius 3 is 2.87 bits per heavy atom. The van der Waals surface area contributed by atoms with Crippen molar-refractivity contribution in [2.24, 2.45) is 0 Å². The fraction of sp³-hybridized carbons (Fsp3) is 0. The molecular weight excluding hydrogens is 212 g/mol. The second kappa shape index (κ2) is 4.14. The van der Waals surface area contributed by atoms with Crippen LogP contribution in [0.15, 0.2) is 36.8 Å². The molecule has 0 saturated heterocycles. The SMILES string of the molecule is Nc1cccc(Nc2cnccn2)c1Cl. The Morgan fingerprint density at radius 1 is 1.27 bits per heavy atom. The fourth-order valence-corrected chi connectivity index (χ4v) is 1.32. The first-order chi connectivity index (χ1) is 7.27. The standard InChI is InChI=1S/C10H9ClN4/c11-10-7(12)2-1-3-8(10)15-9-6-13-4-5-14-9/h1-6H,12H2,(H,14,15). The largest absolute Gasteiger partial charge is 0.397 e. The van der Waals surface area contributed by atoms with Gasteiger partial charge in [-0.15, -0.1) is 0 Å². The zero-order valence-corrected chi connectivity index (χ0v) is 8.57. The van der Waals surface area contributed by atoms with Crippen molar-refractivity contribution < 1.29 is 0 Å². The van der Waals surface area contributed by atoms with Gasteiger partial charge < -0.3 is 11.1 Å². The average Bonchev–Trinajstić information content (AvgIpc) is 2.26. The van der Waals surface area contributed by atoms with Crippen LogP contribution in [0.4, 0.5) is 17.2 Å². The molecule has 0 atom stereocenters. The summed E-state index contributed by atoms with van der Waals surface area (Å²) < 4.78 is 0. The molecular formula is C10H9ClN4. The molecule has 1 aromatic heterocycles. The van der Waals surface area contributed by atoms with E-state index in [9.17, 15) is 0 Å². The summed E-state index contributed by atoms with van der Waals surface area (Å²) in [5, 5.41) is 3.52. The molecule has 0 bridgehead atoms. The Hall–Kier alpha value is -1.81. The molecule has 1 aromatic carbocycles. The summed E-state index contributed by atoms with van der Waals surface area (Å²) >= 11 is 6.01. The molecule has 4 nitrogen and oxygen atoms in total. The Bertz CT molecular complexity index is 458. The van der Waals surface area contributed by atoms with E-state index in [2.05, 4.69) is 15.3 Å². The quantitative estimate of drug-likeness (QED) is 0.764. The van der Waals surface area contributed by atoms with Gasteiger partial charge in [-0.25, -0.2) is 4.98 Å². The van der Waals surface area contributed by atoms with Crippen LogP contribution in [0.2, 0.25) is 5.02 Å². The van der Waals surface area contributed by atoms with E-state index < -0.39 is 0 Å². The van der Waals surface area contributed by atoms with Crippen LogP contribution in [0, 0.1) is 0 Å². The van der Waals surface area contributed by atoms with Crippen molar-refractivity contribution in [2.75, 3.05) is 11.1 Å². The average molecular weight is 221 g/mol. The minimum atomic E-state index is 0.489. The third-order valence-electron chi connectivity index (χ3n) is 1.85. The van der Waals surface area contributed by atoms with Gasteiger partial charge in [-0.3, -0.25) is 4.98 Å². The topological polar surface area (TPSA) is 63.8 Å². The summed E-state index contributed by atoms with van der Waals surface area (Å²) in [4.78, 5) is 8.01. The molecule has 15 heavy (non-hydrogen) atoms. The molecule has 0 amide bonds. The van der Waals surface area contributed by atoms with Gasteiger partial charge in [0.2, 0.25) is 0 Å². The number of aromatic nitrogens is 2. The maximum absolute atomic E-state index is 6.01. The van der Waals surface area contributed by atoms with E-state index in [1.807, 2.05) is 12.1 Å². The van der Waals surface area contributed by atoms with Crippen molar-refractivity contribution >= 4 is 28.8 Å². The van der Waals surface area contributed by atoms with E-state index in [1.165, 1.54) is 0 Å². The maximum atomic E-state index is 6.01. The van der Waals surface area contributed by atoms with E-state index in [4.69, 9.17) is 17.3 Å². The summed E-state index contributed by atoms with van der Waals surface area (Å²) in [7, 11) is 0. The van der Waals surface area contributed by atoms with Crippen LogP contribution in [0.5, 0.6) is 0 Å². The highest BCUT2D eigenvalue weighted by Crippen LogP contribution is 2.29. The summed E-state index contributed by atoms with van der Waals surface area (Å²) in [5.41, 5.74) is 6.92. The van der Waals surface area contributed by atoms with E-state index in [0.717, 1.165) is 5.69 Å². The lowest BCUT2D eigenvalue weighted by Gasteiger charge is -2.08. The minimum absolute atomic E-state index is 0.489. The number of nitrogens with one attached hydrogen (secondary N) is 1. The highest BCUT2D eigenvalue weighted by atomic mass is 35.5. The molecule has 0 aliphatic rings. The summed E-state index contributed by atoms with van der Waals surface area (Å²) in [5.74, 6) is 0.630. The number of nitrogen functional groups attached to an aromatic ring is 1. The van der Waals surface area contributed by atoms with Gasteiger partial charge in [-0.2, -0.15) is 0 Å². The molecule has 0 fully saturated rings. The third-order valence-corrected chi connectivity index (χ3v) is 2.28. The highest BCUT2D eigenvalue weighted by molar-refractivity contribution is 6.35. The smallest absolute Gasteiger partial charge is 0.148 e. The molecule has 76 valence electrons. The number of hydrogen-bond donors (Lipinski definition) is 2. The summed E-state index contributed by atoms with van der Waals surface area (Å²) in [6.07, 6.45) is 4.81. The number of anilines is 3. The molecule has 0 saturated carbocycles. The van der Waals surface area contributed by atoms with Gasteiger partial charge in [-0.05, 0) is 12.1 Å². The number of halogens is 1. The van der Waals surface area contributed by atoms with Crippen molar-refractivity contribution in [1.82, 2.24) is 9.97 Å². The van der Waals surface area contributed by atoms with Gasteiger partial charge in [0.05, 0.1) is 22.6 Å². The lowest BCUT2D eigenvalue weighted by molar-refractivity contribution is 1.20. The Labute approximate surface area is 92.1 Å². The van der Waals surface area contributed by atoms with Gasteiger partial charge in [0.25, 0.3) is 0 Å². The second-order valence-corrected chi connectivity index (χ2v) is 3.30. The molecule has 0 radical (unpaired) electrons. The zero-order chi connectivity index (χ0) is 10.7. The summed E-state index contributed by atoms with van der Waals surface area (Å²) in [6, 6.07) is 5.39. The number of nitrogens with two attached hydrogens (primary N) is 1. The van der Waals surface area contributed by atoms with Crippen LogP contribution in [0.1, 0.15) is 0 Å². The maximum Gasteiger partial charge on any atom is 0.148 e. The molecule has 3 N–H and O–H groups in total. The molecule has 2 rings (SSSR count). The molecule has 5 heteroatoms. The minimum Gasteiger partial charge on any atom is -0.397 e. The van der Waals surface area contributed by atoms with Gasteiger partial charge in [0.1, 0.15) is 5.82 Å². The lowest BCUT2D eigenvalue weighted by atomic mass is 10.3. The van der Waals surface area contributed by atoms with Gasteiger partial charge >= 0.3 is 0 Å². The number of rotatable bonds is 2. The molecule has 2 aromatic rings. The van der Waals surface area contributed by atoms with Crippen LogP contribution in [0.3, 0.4) is 0 Å². The molecule has 0 spiro atoms. The van der Waals surface area contributed by atoms with E-state index >= 15 is 0 Å². The van der Waals surface area contributed by atoms with Crippen molar-refractivity contribution in [1.29, 1.82) is 0 Å². The first-order valence-electron chi connectivity index (χ1n) is 4.34. The fourth-order valence-electron chi connectivity index (χ4n) is 1.15. The lowest BCUT2D eigenvalue weighted by Crippen LogP contribution is -1.96. The van der Waals surface area contributed by atoms with Gasteiger partial charge in [0.15, 0.2) is 0 Å². The van der Waals surface area contributed by atoms with E-state index in [1.54, 1.807) is 24.7 Å². The number of benzene rings is 1. The van der Waals surface area contributed by atoms with Crippen molar-refractivity contribution in [3.8, 4) is 0 Å². The first kappa shape index (κ1) is 9.73. The predicted octanol–water partition coefficient (Wildman–Crippen LogP) is 2.46. The van der Waals surface area contributed by atoms with Crippen LogP contribution >= 0.6 is 11.6 Å². The zero-order valence-electron chi connectivity index (χ0n) is 7.81. The molecule has 0 aliphatic carbocycles. The first-order valence-corrected chi connectivity index (χ1v) is 4.72. The van der Waals surface area contributed by atoms with E-state index in [0.29, 0.717) is 16.5 Å². The van der Waals surface area contributed by atoms with Crippen molar-refractivity contribution in [2.45, 2.75) is 0 Å². The molecule has 0 aliphatic heterocycles. The van der Waals surface area contributed by atoms with Crippen LogP contribution in [-0.2, 0) is 0 Å². The van der Waals surface area contributed by atoms with Crippen LogP contribution < -0.4 is 11.1 Å². The Balaban J connectivity index is 2.29. The number of nitrogens with zero attached hydrogens (tertiary/aromatic N) is 2. The highest BCUT2D eigenvalue weighted by Gasteiger charge is 2.03.